The molecule has 0 amide bonds. The van der Waals surface area contributed by atoms with Crippen molar-refractivity contribution in [1.82, 2.24) is 4.98 Å². The van der Waals surface area contributed by atoms with Gasteiger partial charge in [0, 0.05) is 24.2 Å². The fourth-order valence-corrected chi connectivity index (χ4v) is 2.59. The average Bonchev–Trinajstić information content (AvgIpc) is 2.57. The van der Waals surface area contributed by atoms with E-state index in [1.807, 2.05) is 0 Å². The maximum absolute atomic E-state index is 12.9. The number of aryl methyl sites for hydroxylation is 2. The van der Waals surface area contributed by atoms with Crippen molar-refractivity contribution in [1.29, 1.82) is 0 Å². The van der Waals surface area contributed by atoms with Gasteiger partial charge in [-0.3, -0.25) is 9.78 Å². The lowest BCUT2D eigenvalue weighted by Gasteiger charge is -2.12. The minimum atomic E-state index is -1.24. The molecule has 0 atom stereocenters. The number of carboxylic acids is 1. The molecule has 0 bridgehead atoms. The fourth-order valence-electron chi connectivity index (χ4n) is 2.59. The minimum Gasteiger partial charge on any atom is -0.550 e. The summed E-state index contributed by atoms with van der Waals surface area (Å²) < 4.78 is 5.80. The highest BCUT2D eigenvalue weighted by atomic mass is 16.4. The summed E-state index contributed by atoms with van der Waals surface area (Å²) >= 11 is 0. The maximum atomic E-state index is 12.9. The van der Waals surface area contributed by atoms with E-state index in [0.717, 1.165) is 0 Å². The highest BCUT2D eigenvalue weighted by Gasteiger charge is 2.19. The Kier molecular flexibility index (Phi) is 4.04. The third-order valence-corrected chi connectivity index (χ3v) is 3.83. The Bertz CT molecular complexity index is 976. The average molecular weight is 324 g/mol. The molecule has 122 valence electrons. The quantitative estimate of drug-likeness (QED) is 0.781. The number of nitrogens with zero attached hydrogens (tertiary/aromatic N) is 1. The van der Waals surface area contributed by atoms with Gasteiger partial charge >= 0.3 is 0 Å². The first-order valence-electron chi connectivity index (χ1n) is 7.38. The molecule has 0 saturated heterocycles. The van der Waals surface area contributed by atoms with Gasteiger partial charge in [0.1, 0.15) is 17.1 Å². The third kappa shape index (κ3) is 2.74. The summed E-state index contributed by atoms with van der Waals surface area (Å²) in [7, 11) is 0. The van der Waals surface area contributed by atoms with E-state index in [0.29, 0.717) is 16.6 Å². The summed E-state index contributed by atoms with van der Waals surface area (Å²) in [5.41, 5.74) is 0.993. The Morgan fingerprint density at radius 3 is 2.75 bits per heavy atom. The maximum Gasteiger partial charge on any atom is 0.202 e. The van der Waals surface area contributed by atoms with Gasteiger partial charge in [-0.15, -0.1) is 0 Å². The molecule has 24 heavy (non-hydrogen) atoms. The second-order valence-corrected chi connectivity index (χ2v) is 5.40. The SMILES string of the molecule is Cc1c(O)ccc2c(=O)c(-c3ccccn3)c(CCC(=O)[O-])oc12. The van der Waals surface area contributed by atoms with E-state index in [-0.39, 0.29) is 40.9 Å². The fraction of sp³-hybridized carbons (Fsp3) is 0.167. The lowest BCUT2D eigenvalue weighted by molar-refractivity contribution is -0.305. The van der Waals surface area contributed by atoms with E-state index in [2.05, 4.69) is 4.98 Å². The third-order valence-electron chi connectivity index (χ3n) is 3.83. The number of hydrogen-bond donors (Lipinski definition) is 1. The number of aromatic hydroxyl groups is 1. The molecule has 6 nitrogen and oxygen atoms in total. The van der Waals surface area contributed by atoms with E-state index >= 15 is 0 Å². The largest absolute Gasteiger partial charge is 0.550 e. The van der Waals surface area contributed by atoms with Crippen molar-refractivity contribution < 1.29 is 19.4 Å². The van der Waals surface area contributed by atoms with Gasteiger partial charge in [0.2, 0.25) is 5.43 Å². The van der Waals surface area contributed by atoms with Gasteiger partial charge < -0.3 is 19.4 Å². The number of fused-ring (bicyclic) bond motifs is 1. The predicted molar refractivity (Wildman–Crippen MR) is 85.4 cm³/mol. The Morgan fingerprint density at radius 1 is 1.29 bits per heavy atom. The summed E-state index contributed by atoms with van der Waals surface area (Å²) in [6.07, 6.45) is 1.25. The van der Waals surface area contributed by atoms with Crippen LogP contribution in [-0.2, 0) is 11.2 Å². The van der Waals surface area contributed by atoms with Crippen molar-refractivity contribution >= 4 is 16.9 Å². The van der Waals surface area contributed by atoms with Crippen LogP contribution < -0.4 is 10.5 Å². The molecule has 3 rings (SSSR count). The molecule has 1 aromatic carbocycles. The van der Waals surface area contributed by atoms with Crippen molar-refractivity contribution in [3.8, 4) is 17.0 Å². The molecule has 0 fully saturated rings. The van der Waals surface area contributed by atoms with Crippen LogP contribution in [0.15, 0.2) is 45.7 Å². The molecule has 6 heteroatoms. The molecular weight excluding hydrogens is 310 g/mol. The topological polar surface area (TPSA) is 103 Å². The van der Waals surface area contributed by atoms with Gasteiger partial charge in [0.05, 0.1) is 16.6 Å². The molecule has 0 aliphatic rings. The molecule has 1 N–H and O–H groups in total. The highest BCUT2D eigenvalue weighted by Crippen LogP contribution is 2.29. The lowest BCUT2D eigenvalue weighted by Crippen LogP contribution is -2.23. The normalized spacial score (nSPS) is 10.9. The number of pyridine rings is 1. The predicted octanol–water partition coefficient (Wildman–Crippen LogP) is 1.55. The minimum absolute atomic E-state index is 0.00193. The second kappa shape index (κ2) is 6.16. The first-order valence-corrected chi connectivity index (χ1v) is 7.38. The van der Waals surface area contributed by atoms with Crippen LogP contribution in [-0.4, -0.2) is 16.1 Å². The Morgan fingerprint density at radius 2 is 2.08 bits per heavy atom. The Balaban J connectivity index is 2.33. The zero-order valence-corrected chi connectivity index (χ0v) is 12.9. The van der Waals surface area contributed by atoms with Crippen LogP contribution in [0.25, 0.3) is 22.2 Å². The lowest BCUT2D eigenvalue weighted by atomic mass is 10.0. The van der Waals surface area contributed by atoms with Crippen LogP contribution in [0.3, 0.4) is 0 Å². The summed E-state index contributed by atoms with van der Waals surface area (Å²) in [6, 6.07) is 8.02. The van der Waals surface area contributed by atoms with E-state index in [9.17, 15) is 19.8 Å². The van der Waals surface area contributed by atoms with Gasteiger partial charge in [-0.2, -0.15) is 0 Å². The number of carbonyl (C=O) groups excluding carboxylic acids is 1. The second-order valence-electron chi connectivity index (χ2n) is 5.40. The molecule has 2 heterocycles. The van der Waals surface area contributed by atoms with Gasteiger partial charge in [-0.25, -0.2) is 0 Å². The smallest absolute Gasteiger partial charge is 0.202 e. The number of benzene rings is 1. The number of phenols is 1. The molecule has 0 saturated carbocycles. The molecule has 2 aromatic heterocycles. The van der Waals surface area contributed by atoms with E-state index in [1.165, 1.54) is 12.1 Å². The Hall–Kier alpha value is -3.15. The number of carboxylic acid groups (broad SMARTS) is 1. The first-order chi connectivity index (χ1) is 11.5. The van der Waals surface area contributed by atoms with Crippen LogP contribution in [0.5, 0.6) is 5.75 Å². The monoisotopic (exact) mass is 324 g/mol. The Labute approximate surface area is 137 Å². The molecule has 0 unspecified atom stereocenters. The van der Waals surface area contributed by atoms with E-state index in [1.54, 1.807) is 31.3 Å². The summed E-state index contributed by atoms with van der Waals surface area (Å²) in [5, 5.41) is 20.9. The van der Waals surface area contributed by atoms with Crippen LogP contribution >= 0.6 is 0 Å². The molecule has 3 aromatic rings. The van der Waals surface area contributed by atoms with Crippen molar-refractivity contribution in [2.24, 2.45) is 0 Å². The first kappa shape index (κ1) is 15.7. The van der Waals surface area contributed by atoms with Crippen LogP contribution in [0, 0.1) is 6.92 Å². The highest BCUT2D eigenvalue weighted by molar-refractivity contribution is 5.86. The van der Waals surface area contributed by atoms with Gasteiger partial charge in [-0.05, 0) is 37.6 Å². The number of rotatable bonds is 4. The molecule has 0 radical (unpaired) electrons. The van der Waals surface area contributed by atoms with Gasteiger partial charge in [-0.1, -0.05) is 6.07 Å². The van der Waals surface area contributed by atoms with Gasteiger partial charge in [0.15, 0.2) is 0 Å². The number of aliphatic carboxylic acids is 1. The standard InChI is InChI=1S/C18H15NO5/c1-10-13(20)6-5-11-17(23)16(12-4-2-3-9-19-12)14(24-18(10)11)7-8-15(21)22/h2-6,9,20H,7-8H2,1H3,(H,21,22)/p-1. The molecule has 0 spiro atoms. The number of aromatic nitrogens is 1. The summed E-state index contributed by atoms with van der Waals surface area (Å²) in [5.74, 6) is -1.02. The number of carbonyl (C=O) groups is 1. The number of phenolic OH excluding ortho intramolecular Hbond substituents is 1. The molecule has 0 aliphatic heterocycles. The molecule has 0 aliphatic carbocycles. The molecular formula is C18H14NO5-. The van der Waals surface area contributed by atoms with E-state index < -0.39 is 5.97 Å². The van der Waals surface area contributed by atoms with Crippen molar-refractivity contribution in [2.45, 2.75) is 19.8 Å². The van der Waals surface area contributed by atoms with Crippen molar-refractivity contribution in [2.75, 3.05) is 0 Å². The van der Waals surface area contributed by atoms with Gasteiger partial charge in [0.25, 0.3) is 0 Å². The van der Waals surface area contributed by atoms with Crippen LogP contribution in [0.2, 0.25) is 0 Å². The zero-order valence-electron chi connectivity index (χ0n) is 12.9. The zero-order chi connectivity index (χ0) is 17.3. The summed E-state index contributed by atoms with van der Waals surface area (Å²) in [6.45, 7) is 1.63. The number of hydrogen-bond acceptors (Lipinski definition) is 6. The summed E-state index contributed by atoms with van der Waals surface area (Å²) in [4.78, 5) is 27.9. The van der Waals surface area contributed by atoms with E-state index in [4.69, 9.17) is 4.42 Å². The van der Waals surface area contributed by atoms with Crippen LogP contribution in [0.1, 0.15) is 17.7 Å². The van der Waals surface area contributed by atoms with Crippen molar-refractivity contribution in [3.05, 3.63) is 58.1 Å². The van der Waals surface area contributed by atoms with Crippen LogP contribution in [0.4, 0.5) is 0 Å². The van der Waals surface area contributed by atoms with Crippen molar-refractivity contribution in [3.63, 3.8) is 0 Å².